The number of nitrogens with two attached hydrogens (primary N) is 1. The number of likely N-dealkylation sites (tertiary alicyclic amines) is 1. The molecule has 0 bridgehead atoms. The molecule has 1 saturated heterocycles. The number of fused-ring (bicyclic) bond motifs is 1. The zero-order chi connectivity index (χ0) is 31.1. The lowest BCUT2D eigenvalue weighted by Gasteiger charge is -2.27. The van der Waals surface area contributed by atoms with Crippen LogP contribution in [0.3, 0.4) is 0 Å². The Morgan fingerprint density at radius 3 is 2.70 bits per heavy atom. The zero-order valence-corrected chi connectivity index (χ0v) is 25.1. The average molecular weight is 615 g/mol. The van der Waals surface area contributed by atoms with Gasteiger partial charge in [0.2, 0.25) is 21.8 Å². The minimum atomic E-state index is -4.27. The van der Waals surface area contributed by atoms with Crippen LogP contribution in [0.25, 0.3) is 10.8 Å². The maximum absolute atomic E-state index is 14.2. The number of nitrogens with one attached hydrogen (secondary N) is 1. The molecule has 0 unspecified atom stereocenters. The lowest BCUT2D eigenvalue weighted by Crippen LogP contribution is -2.49. The van der Waals surface area contributed by atoms with Crippen LogP contribution in [-0.4, -0.2) is 73.4 Å². The van der Waals surface area contributed by atoms with E-state index in [9.17, 15) is 18.0 Å². The molecule has 3 aromatic carbocycles. The van der Waals surface area contributed by atoms with Crippen LogP contribution in [-0.2, 0) is 32.6 Å². The standard InChI is InChI=1S/C32H34N6O5S/c1-43-28-9-7-26-8-10-29(18-27(26)17-28)44(41,42)38(22-31(39)35-14-11-23-6-3-13-34-19-23)30-12-15-37(32(30)40)21-25-5-2-4-24(16-25)20-36-33/h2-10,13,16-20,30H,11-12,14-15,21-22,33H2,1H3,(H,35,39)/t30-/m0/s1. The molecular weight excluding hydrogens is 580 g/mol. The largest absolute Gasteiger partial charge is 0.497 e. The van der Waals surface area contributed by atoms with Gasteiger partial charge in [0.05, 0.1) is 24.8 Å². The van der Waals surface area contributed by atoms with E-state index in [0.717, 1.165) is 26.4 Å². The highest BCUT2D eigenvalue weighted by Crippen LogP contribution is 2.29. The number of hydrogen-bond donors (Lipinski definition) is 2. The topological polar surface area (TPSA) is 147 Å². The number of methoxy groups -OCH3 is 1. The Morgan fingerprint density at radius 2 is 1.93 bits per heavy atom. The Labute approximate surface area is 256 Å². The van der Waals surface area contributed by atoms with Crippen molar-refractivity contribution in [3.8, 4) is 5.75 Å². The second-order valence-corrected chi connectivity index (χ2v) is 12.4. The van der Waals surface area contributed by atoms with E-state index in [1.165, 1.54) is 19.4 Å². The van der Waals surface area contributed by atoms with Gasteiger partial charge in [0.25, 0.3) is 0 Å². The molecule has 0 aliphatic carbocycles. The first-order valence-electron chi connectivity index (χ1n) is 14.1. The highest BCUT2D eigenvalue weighted by molar-refractivity contribution is 7.89. The number of hydrazone groups is 1. The van der Waals surface area contributed by atoms with Gasteiger partial charge in [-0.3, -0.25) is 14.6 Å². The number of sulfonamides is 1. The van der Waals surface area contributed by atoms with Gasteiger partial charge in [-0.15, -0.1) is 0 Å². The first-order chi connectivity index (χ1) is 21.3. The Bertz CT molecular complexity index is 1780. The van der Waals surface area contributed by atoms with Gasteiger partial charge in [-0.05, 0) is 76.7 Å². The Kier molecular flexibility index (Phi) is 9.51. The van der Waals surface area contributed by atoms with E-state index in [0.29, 0.717) is 30.6 Å². The van der Waals surface area contributed by atoms with Crippen LogP contribution in [0.4, 0.5) is 0 Å². The normalized spacial score (nSPS) is 15.4. The van der Waals surface area contributed by atoms with Crippen molar-refractivity contribution in [3.63, 3.8) is 0 Å². The Balaban J connectivity index is 1.40. The Hall–Kier alpha value is -4.81. The van der Waals surface area contributed by atoms with E-state index in [1.54, 1.807) is 41.6 Å². The number of carbonyl (C=O) groups excluding carboxylic acids is 2. The van der Waals surface area contributed by atoms with Gasteiger partial charge in [0.15, 0.2) is 0 Å². The van der Waals surface area contributed by atoms with Gasteiger partial charge in [0, 0.05) is 32.0 Å². The minimum absolute atomic E-state index is 0.0126. The molecule has 3 N–H and O–H groups in total. The van der Waals surface area contributed by atoms with Crippen molar-refractivity contribution < 1.29 is 22.7 Å². The first-order valence-corrected chi connectivity index (χ1v) is 15.6. The molecule has 0 radical (unpaired) electrons. The third-order valence-electron chi connectivity index (χ3n) is 7.55. The molecule has 1 aliphatic heterocycles. The third-order valence-corrected chi connectivity index (χ3v) is 9.40. The fraction of sp³-hybridized carbons (Fsp3) is 0.250. The fourth-order valence-electron chi connectivity index (χ4n) is 5.30. The molecule has 1 fully saturated rings. The summed E-state index contributed by atoms with van der Waals surface area (Å²) < 4.78 is 34.7. The van der Waals surface area contributed by atoms with Gasteiger partial charge in [-0.1, -0.05) is 36.4 Å². The number of pyridine rings is 1. The maximum atomic E-state index is 14.2. The molecule has 11 nitrogen and oxygen atoms in total. The van der Waals surface area contributed by atoms with Crippen LogP contribution in [0.2, 0.25) is 0 Å². The van der Waals surface area contributed by atoms with Crippen LogP contribution in [0, 0.1) is 0 Å². The first kappa shape index (κ1) is 30.6. The van der Waals surface area contributed by atoms with E-state index < -0.39 is 28.5 Å². The van der Waals surface area contributed by atoms with E-state index in [-0.39, 0.29) is 23.8 Å². The quantitative estimate of drug-likeness (QED) is 0.142. The van der Waals surface area contributed by atoms with Crippen molar-refractivity contribution >= 4 is 38.8 Å². The number of aromatic nitrogens is 1. The maximum Gasteiger partial charge on any atom is 0.244 e. The molecule has 4 aromatic rings. The van der Waals surface area contributed by atoms with Crippen molar-refractivity contribution in [1.82, 2.24) is 19.5 Å². The van der Waals surface area contributed by atoms with Crippen LogP contribution in [0.15, 0.2) is 95.2 Å². The van der Waals surface area contributed by atoms with Crippen LogP contribution in [0.1, 0.15) is 23.1 Å². The van der Waals surface area contributed by atoms with E-state index >= 15 is 0 Å². The number of ether oxygens (including phenoxy) is 1. The fourth-order valence-corrected chi connectivity index (χ4v) is 6.91. The van der Waals surface area contributed by atoms with E-state index in [1.807, 2.05) is 42.5 Å². The molecule has 0 saturated carbocycles. The highest BCUT2D eigenvalue weighted by atomic mass is 32.2. The predicted molar refractivity (Wildman–Crippen MR) is 167 cm³/mol. The molecule has 44 heavy (non-hydrogen) atoms. The van der Waals surface area contributed by atoms with E-state index in [4.69, 9.17) is 10.6 Å². The van der Waals surface area contributed by atoms with Crippen molar-refractivity contribution in [2.24, 2.45) is 10.9 Å². The van der Waals surface area contributed by atoms with Crippen molar-refractivity contribution in [2.45, 2.75) is 30.3 Å². The van der Waals surface area contributed by atoms with Crippen LogP contribution >= 0.6 is 0 Å². The molecule has 1 atom stereocenters. The molecule has 2 heterocycles. The summed E-state index contributed by atoms with van der Waals surface area (Å²) in [6.45, 7) is 0.407. The smallest absolute Gasteiger partial charge is 0.244 e. The summed E-state index contributed by atoms with van der Waals surface area (Å²) in [5, 5.41) is 7.84. The number of hydrogen-bond acceptors (Lipinski definition) is 8. The lowest BCUT2D eigenvalue weighted by molar-refractivity contribution is -0.131. The average Bonchev–Trinajstić information content (AvgIpc) is 3.38. The summed E-state index contributed by atoms with van der Waals surface area (Å²) in [5.74, 6) is 5.00. The molecule has 5 rings (SSSR count). The summed E-state index contributed by atoms with van der Waals surface area (Å²) in [5.41, 5.74) is 2.57. The summed E-state index contributed by atoms with van der Waals surface area (Å²) in [6, 6.07) is 20.2. The molecule has 1 aliphatic rings. The molecule has 0 spiro atoms. The number of nitrogens with zero attached hydrogens (tertiary/aromatic N) is 4. The SMILES string of the molecule is COc1ccc2ccc(S(=O)(=O)N(CC(=O)NCCc3cccnc3)[C@H]3CCN(Cc4cccc(C=NN)c4)C3=O)cc2c1. The number of carbonyl (C=O) groups is 2. The molecule has 228 valence electrons. The van der Waals surface area contributed by atoms with Crippen LogP contribution in [0.5, 0.6) is 5.75 Å². The second-order valence-electron chi connectivity index (χ2n) is 10.5. The molecular formula is C32H34N6O5S. The van der Waals surface area contributed by atoms with Gasteiger partial charge >= 0.3 is 0 Å². The monoisotopic (exact) mass is 614 g/mol. The van der Waals surface area contributed by atoms with Crippen LogP contribution < -0.4 is 15.9 Å². The van der Waals surface area contributed by atoms with E-state index in [2.05, 4.69) is 15.4 Å². The van der Waals surface area contributed by atoms with Crippen molar-refractivity contribution in [1.29, 1.82) is 0 Å². The van der Waals surface area contributed by atoms with Crippen molar-refractivity contribution in [3.05, 3.63) is 102 Å². The summed E-state index contributed by atoms with van der Waals surface area (Å²) in [7, 11) is -2.73. The predicted octanol–water partition coefficient (Wildman–Crippen LogP) is 2.69. The number of benzene rings is 3. The summed E-state index contributed by atoms with van der Waals surface area (Å²) >= 11 is 0. The molecule has 1 aromatic heterocycles. The van der Waals surface area contributed by atoms with Gasteiger partial charge in [-0.25, -0.2) is 8.42 Å². The summed E-state index contributed by atoms with van der Waals surface area (Å²) in [6.07, 6.45) is 5.66. The van der Waals surface area contributed by atoms with Crippen molar-refractivity contribution in [2.75, 3.05) is 26.7 Å². The Morgan fingerprint density at radius 1 is 1.11 bits per heavy atom. The summed E-state index contributed by atoms with van der Waals surface area (Å²) in [4.78, 5) is 32.6. The highest BCUT2D eigenvalue weighted by Gasteiger charge is 2.42. The lowest BCUT2D eigenvalue weighted by atomic mass is 10.1. The minimum Gasteiger partial charge on any atom is -0.497 e. The van der Waals surface area contributed by atoms with Gasteiger partial charge < -0.3 is 20.8 Å². The third kappa shape index (κ3) is 7.04. The van der Waals surface area contributed by atoms with Gasteiger partial charge in [-0.2, -0.15) is 9.41 Å². The molecule has 2 amide bonds. The second kappa shape index (κ2) is 13.7. The van der Waals surface area contributed by atoms with Gasteiger partial charge in [0.1, 0.15) is 11.8 Å². The molecule has 12 heteroatoms. The number of amides is 2. The number of rotatable bonds is 12. The zero-order valence-electron chi connectivity index (χ0n) is 24.3.